The smallest absolute Gasteiger partial charge is 0.194 e. The van der Waals surface area contributed by atoms with Crippen molar-refractivity contribution < 1.29 is 0 Å². The van der Waals surface area contributed by atoms with E-state index in [1.807, 2.05) is 6.20 Å². The number of nitrogens with one attached hydrogen (secondary N) is 1. The number of guanidine groups is 1. The molecule has 0 amide bonds. The van der Waals surface area contributed by atoms with Gasteiger partial charge in [0.1, 0.15) is 5.82 Å². The topological polar surface area (TPSA) is 43.8 Å². The van der Waals surface area contributed by atoms with Crippen LogP contribution in [0, 0.1) is 11.8 Å². The fourth-order valence-electron chi connectivity index (χ4n) is 4.85. The second-order valence-corrected chi connectivity index (χ2v) is 8.10. The van der Waals surface area contributed by atoms with Crippen LogP contribution in [0.5, 0.6) is 0 Å². The minimum Gasteiger partial charge on any atom is -0.357 e. The van der Waals surface area contributed by atoms with Crippen LogP contribution in [0.3, 0.4) is 0 Å². The molecule has 3 fully saturated rings. The molecule has 5 heteroatoms. The molecule has 1 aromatic rings. The summed E-state index contributed by atoms with van der Waals surface area (Å²) in [6.07, 6.45) is 10.2. The number of hydrogen-bond donors (Lipinski definition) is 1. The molecule has 0 radical (unpaired) electrons. The molecule has 4 rings (SSSR count). The van der Waals surface area contributed by atoms with E-state index in [-0.39, 0.29) is 0 Å². The maximum absolute atomic E-state index is 4.98. The lowest BCUT2D eigenvalue weighted by Crippen LogP contribution is -2.40. The second kappa shape index (κ2) is 8.28. The average molecular weight is 356 g/mol. The number of pyridine rings is 1. The van der Waals surface area contributed by atoms with Crippen molar-refractivity contribution >= 4 is 11.8 Å². The molecule has 26 heavy (non-hydrogen) atoms. The molecular formula is C21H33N5. The number of hydrogen-bond acceptors (Lipinski definition) is 3. The lowest BCUT2D eigenvalue weighted by atomic mass is 9.82. The number of anilines is 1. The molecule has 1 aromatic heterocycles. The fraction of sp³-hybridized carbons (Fsp3) is 0.714. The molecule has 0 bridgehead atoms. The fourth-order valence-corrected chi connectivity index (χ4v) is 4.85. The molecule has 2 aliphatic heterocycles. The lowest BCUT2D eigenvalue weighted by molar-refractivity contribution is 0.299. The van der Waals surface area contributed by atoms with Gasteiger partial charge < -0.3 is 15.1 Å². The summed E-state index contributed by atoms with van der Waals surface area (Å²) in [6, 6.07) is 4.33. The Bertz CT molecular complexity index is 609. The molecule has 2 saturated heterocycles. The Morgan fingerprint density at radius 2 is 1.88 bits per heavy atom. The maximum Gasteiger partial charge on any atom is 0.194 e. The molecule has 1 saturated carbocycles. The summed E-state index contributed by atoms with van der Waals surface area (Å²) in [5, 5.41) is 3.52. The van der Waals surface area contributed by atoms with Crippen molar-refractivity contribution in [1.82, 2.24) is 15.2 Å². The highest BCUT2D eigenvalue weighted by Gasteiger charge is 2.35. The third-order valence-electron chi connectivity index (χ3n) is 6.26. The third-order valence-corrected chi connectivity index (χ3v) is 6.26. The molecule has 3 heterocycles. The van der Waals surface area contributed by atoms with Crippen molar-refractivity contribution in [2.45, 2.75) is 52.0 Å². The largest absolute Gasteiger partial charge is 0.357 e. The van der Waals surface area contributed by atoms with E-state index in [2.05, 4.69) is 39.2 Å². The van der Waals surface area contributed by atoms with Crippen molar-refractivity contribution in [3.8, 4) is 0 Å². The van der Waals surface area contributed by atoms with E-state index >= 15 is 0 Å². The Hall–Kier alpha value is -1.78. The van der Waals surface area contributed by atoms with Crippen LogP contribution in [0.4, 0.5) is 5.82 Å². The normalized spacial score (nSPS) is 26.3. The Morgan fingerprint density at radius 1 is 1.15 bits per heavy atom. The van der Waals surface area contributed by atoms with Gasteiger partial charge in [-0.3, -0.25) is 0 Å². The van der Waals surface area contributed by atoms with Crippen LogP contribution in [0.25, 0.3) is 0 Å². The van der Waals surface area contributed by atoms with Gasteiger partial charge in [0, 0.05) is 38.9 Å². The highest BCUT2D eigenvalue weighted by molar-refractivity contribution is 5.80. The van der Waals surface area contributed by atoms with Gasteiger partial charge in [0.15, 0.2) is 5.96 Å². The van der Waals surface area contributed by atoms with Gasteiger partial charge in [0.2, 0.25) is 0 Å². The Balaban J connectivity index is 1.43. The number of rotatable bonds is 4. The van der Waals surface area contributed by atoms with Gasteiger partial charge in [-0.1, -0.05) is 12.8 Å². The number of nitrogens with zero attached hydrogens (tertiary/aromatic N) is 4. The van der Waals surface area contributed by atoms with Crippen molar-refractivity contribution in [2.75, 3.05) is 37.6 Å². The van der Waals surface area contributed by atoms with Crippen molar-refractivity contribution in [2.24, 2.45) is 16.8 Å². The Morgan fingerprint density at radius 3 is 2.58 bits per heavy atom. The van der Waals surface area contributed by atoms with Gasteiger partial charge in [-0.25, -0.2) is 9.98 Å². The van der Waals surface area contributed by atoms with E-state index in [4.69, 9.17) is 4.99 Å². The van der Waals surface area contributed by atoms with E-state index in [0.29, 0.717) is 0 Å². The summed E-state index contributed by atoms with van der Waals surface area (Å²) in [7, 11) is 0. The van der Waals surface area contributed by atoms with Crippen LogP contribution in [0.2, 0.25) is 0 Å². The first-order valence-corrected chi connectivity index (χ1v) is 10.6. The Kier molecular flexibility index (Phi) is 5.61. The number of likely N-dealkylation sites (tertiary alicyclic amines) is 1. The zero-order valence-corrected chi connectivity index (χ0v) is 16.2. The molecule has 1 N–H and O–H groups in total. The van der Waals surface area contributed by atoms with Gasteiger partial charge in [-0.05, 0) is 62.1 Å². The van der Waals surface area contributed by atoms with E-state index in [9.17, 15) is 0 Å². The zero-order chi connectivity index (χ0) is 17.8. The molecule has 2 unspecified atom stereocenters. The second-order valence-electron chi connectivity index (χ2n) is 8.10. The Labute approximate surface area is 157 Å². The summed E-state index contributed by atoms with van der Waals surface area (Å²) >= 11 is 0. The molecule has 3 aliphatic rings. The van der Waals surface area contributed by atoms with E-state index in [0.717, 1.165) is 49.8 Å². The van der Waals surface area contributed by atoms with Gasteiger partial charge in [0.05, 0.1) is 6.54 Å². The SMILES string of the molecule is CCNC(=NCc1ccnc(N2CCCC2)c1)N1CC2CCCCC2C1. The van der Waals surface area contributed by atoms with Crippen LogP contribution in [0.15, 0.2) is 23.3 Å². The highest BCUT2D eigenvalue weighted by Crippen LogP contribution is 2.36. The molecule has 5 nitrogen and oxygen atoms in total. The van der Waals surface area contributed by atoms with Crippen molar-refractivity contribution in [1.29, 1.82) is 0 Å². The maximum atomic E-state index is 4.98. The average Bonchev–Trinajstić information content (AvgIpc) is 3.34. The lowest BCUT2D eigenvalue weighted by Gasteiger charge is -2.22. The van der Waals surface area contributed by atoms with Crippen LogP contribution < -0.4 is 10.2 Å². The van der Waals surface area contributed by atoms with Crippen LogP contribution in [0.1, 0.15) is 51.0 Å². The zero-order valence-electron chi connectivity index (χ0n) is 16.2. The third kappa shape index (κ3) is 3.97. The first kappa shape index (κ1) is 17.6. The minimum atomic E-state index is 0.734. The van der Waals surface area contributed by atoms with Crippen molar-refractivity contribution in [3.63, 3.8) is 0 Å². The van der Waals surface area contributed by atoms with Crippen LogP contribution in [-0.4, -0.2) is 48.6 Å². The summed E-state index contributed by atoms with van der Waals surface area (Å²) in [5.74, 6) is 3.99. The summed E-state index contributed by atoms with van der Waals surface area (Å²) < 4.78 is 0. The van der Waals surface area contributed by atoms with Gasteiger partial charge in [-0.15, -0.1) is 0 Å². The number of fused-ring (bicyclic) bond motifs is 1. The predicted octanol–water partition coefficient (Wildman–Crippen LogP) is 3.27. The number of aromatic nitrogens is 1. The van der Waals surface area contributed by atoms with Gasteiger partial charge in [0.25, 0.3) is 0 Å². The van der Waals surface area contributed by atoms with E-state index < -0.39 is 0 Å². The van der Waals surface area contributed by atoms with Gasteiger partial charge in [-0.2, -0.15) is 0 Å². The first-order valence-electron chi connectivity index (χ1n) is 10.6. The van der Waals surface area contributed by atoms with Gasteiger partial charge >= 0.3 is 0 Å². The summed E-state index contributed by atoms with van der Waals surface area (Å²) in [5.41, 5.74) is 1.26. The summed E-state index contributed by atoms with van der Waals surface area (Å²) in [6.45, 7) is 8.48. The monoisotopic (exact) mass is 355 g/mol. The molecule has 142 valence electrons. The standard InChI is InChI=1S/C21H33N5/c1-2-22-21(26-15-18-7-3-4-8-19(18)16-26)24-14-17-9-10-23-20(13-17)25-11-5-6-12-25/h9-10,13,18-19H,2-8,11-12,14-16H2,1H3,(H,22,24). The molecule has 2 atom stereocenters. The molecule has 0 aromatic carbocycles. The van der Waals surface area contributed by atoms with Crippen LogP contribution >= 0.6 is 0 Å². The van der Waals surface area contributed by atoms with Crippen LogP contribution in [-0.2, 0) is 6.54 Å². The summed E-state index contributed by atoms with van der Waals surface area (Å²) in [4.78, 5) is 14.4. The number of aliphatic imine (C=N–C) groups is 1. The van der Waals surface area contributed by atoms with Crippen molar-refractivity contribution in [3.05, 3.63) is 23.9 Å². The first-order chi connectivity index (χ1) is 12.8. The predicted molar refractivity (Wildman–Crippen MR) is 108 cm³/mol. The molecule has 0 spiro atoms. The quantitative estimate of drug-likeness (QED) is 0.665. The minimum absolute atomic E-state index is 0.734. The molecular weight excluding hydrogens is 322 g/mol. The van der Waals surface area contributed by atoms with E-state index in [1.54, 1.807) is 0 Å². The van der Waals surface area contributed by atoms with E-state index in [1.165, 1.54) is 57.2 Å². The molecule has 1 aliphatic carbocycles. The highest BCUT2D eigenvalue weighted by atomic mass is 15.3.